The van der Waals surface area contributed by atoms with Crippen molar-refractivity contribution < 1.29 is 19.4 Å². The Balaban J connectivity index is 0.00000306. The van der Waals surface area contributed by atoms with Crippen LogP contribution in [0.4, 0.5) is 0 Å². The zero-order valence-electron chi connectivity index (χ0n) is 18.1. The molecule has 1 aromatic carbocycles. The molecule has 1 fully saturated rings. The van der Waals surface area contributed by atoms with E-state index in [2.05, 4.69) is 10.4 Å². The van der Waals surface area contributed by atoms with Crippen molar-refractivity contribution in [2.24, 2.45) is 7.05 Å². The summed E-state index contributed by atoms with van der Waals surface area (Å²) in [5.74, 6) is -0.597. The molecule has 0 atom stereocenters. The molecule has 1 aromatic heterocycles. The van der Waals surface area contributed by atoms with E-state index < -0.39 is 14.6 Å². The smallest absolute Gasteiger partial charge is 0.272 e. The zero-order valence-corrected chi connectivity index (χ0v) is 18.9. The average molecular weight is 458 g/mol. The minimum Gasteiger partial charge on any atom is -0.347 e. The van der Waals surface area contributed by atoms with Gasteiger partial charge in [-0.3, -0.25) is 14.3 Å². The van der Waals surface area contributed by atoms with Gasteiger partial charge in [0.05, 0.1) is 16.4 Å². The Hall–Kier alpha value is -3.19. The number of nitrogens with zero attached hydrogens (tertiary/aromatic N) is 4. The van der Waals surface area contributed by atoms with Gasteiger partial charge >= 0.3 is 0 Å². The highest BCUT2D eigenvalue weighted by Gasteiger charge is 2.55. The molecule has 0 spiro atoms. The topological polar surface area (TPSA) is 125 Å². The molecule has 32 heavy (non-hydrogen) atoms. The molecule has 0 saturated heterocycles. The molecule has 4 rings (SSSR count). The van der Waals surface area contributed by atoms with Crippen LogP contribution in [0.25, 0.3) is 0 Å². The summed E-state index contributed by atoms with van der Waals surface area (Å²) in [7, 11) is -1.62. The van der Waals surface area contributed by atoms with Gasteiger partial charge in [-0.05, 0) is 37.0 Å². The fourth-order valence-corrected chi connectivity index (χ4v) is 5.92. The standard InChI is InChI=1S/C22H25N5O4S.H2/c1-3-32(30,31)22(9-10-22)14-27-11-8-17-18(25-26(2)19(17)21(27)29)20(28)24-13-16-6-4-15(12-23)5-7-16;/h4-7H,3,8-11,13-14H2,1-2H3,(H,24,28);1H. The Labute approximate surface area is 188 Å². The quantitative estimate of drug-likeness (QED) is 0.671. The highest BCUT2D eigenvalue weighted by molar-refractivity contribution is 7.93. The molecule has 1 saturated carbocycles. The fraction of sp³-hybridized carbons (Fsp3) is 0.455. The highest BCUT2D eigenvalue weighted by Crippen LogP contribution is 2.45. The third kappa shape index (κ3) is 3.77. The Bertz CT molecular complexity index is 1230. The first-order chi connectivity index (χ1) is 15.2. The maximum atomic E-state index is 13.1. The van der Waals surface area contributed by atoms with Gasteiger partial charge in [0.1, 0.15) is 5.69 Å². The van der Waals surface area contributed by atoms with Gasteiger partial charge in [-0.1, -0.05) is 19.1 Å². The van der Waals surface area contributed by atoms with Gasteiger partial charge in [-0.15, -0.1) is 0 Å². The Morgan fingerprint density at radius 3 is 2.59 bits per heavy atom. The highest BCUT2D eigenvalue weighted by atomic mass is 32.2. The number of sulfone groups is 1. The van der Waals surface area contributed by atoms with Crippen molar-refractivity contribution in [2.45, 2.75) is 37.5 Å². The molecule has 9 nitrogen and oxygen atoms in total. The van der Waals surface area contributed by atoms with Gasteiger partial charge < -0.3 is 10.2 Å². The lowest BCUT2D eigenvalue weighted by Gasteiger charge is -2.30. The second kappa shape index (κ2) is 8.06. The van der Waals surface area contributed by atoms with Crippen molar-refractivity contribution >= 4 is 21.7 Å². The van der Waals surface area contributed by atoms with Crippen LogP contribution in [0.2, 0.25) is 0 Å². The van der Waals surface area contributed by atoms with Gasteiger partial charge in [0.2, 0.25) is 0 Å². The molecule has 2 amide bonds. The predicted octanol–water partition coefficient (Wildman–Crippen LogP) is 1.43. The third-order valence-electron chi connectivity index (χ3n) is 6.34. The number of rotatable bonds is 7. The summed E-state index contributed by atoms with van der Waals surface area (Å²) >= 11 is 0. The number of fused-ring (bicyclic) bond motifs is 1. The van der Waals surface area contributed by atoms with Crippen molar-refractivity contribution in [3.8, 4) is 6.07 Å². The van der Waals surface area contributed by atoms with Crippen molar-refractivity contribution in [2.75, 3.05) is 18.8 Å². The summed E-state index contributed by atoms with van der Waals surface area (Å²) in [4.78, 5) is 27.5. The van der Waals surface area contributed by atoms with Crippen LogP contribution < -0.4 is 5.32 Å². The lowest BCUT2D eigenvalue weighted by molar-refractivity contribution is 0.0724. The summed E-state index contributed by atoms with van der Waals surface area (Å²) < 4.78 is 25.5. The van der Waals surface area contributed by atoms with Crippen LogP contribution in [-0.4, -0.2) is 58.5 Å². The second-order valence-corrected chi connectivity index (χ2v) is 11.0. The molecule has 170 valence electrons. The molecule has 2 heterocycles. The Kier molecular flexibility index (Phi) is 5.54. The maximum absolute atomic E-state index is 13.1. The number of nitrogens with one attached hydrogen (secondary N) is 1. The number of aromatic nitrogens is 2. The van der Waals surface area contributed by atoms with Gasteiger partial charge in [0.15, 0.2) is 15.5 Å². The number of aryl methyl sites for hydroxylation is 1. The Morgan fingerprint density at radius 1 is 1.31 bits per heavy atom. The van der Waals surface area contributed by atoms with E-state index in [-0.39, 0.29) is 37.8 Å². The molecule has 10 heteroatoms. The van der Waals surface area contributed by atoms with E-state index in [4.69, 9.17) is 5.26 Å². The number of hydrogen-bond acceptors (Lipinski definition) is 6. The predicted molar refractivity (Wildman–Crippen MR) is 119 cm³/mol. The first-order valence-corrected chi connectivity index (χ1v) is 12.2. The van der Waals surface area contributed by atoms with Gasteiger partial charge in [0, 0.05) is 39.4 Å². The Morgan fingerprint density at radius 2 is 2.00 bits per heavy atom. The molecule has 2 aromatic rings. The minimum absolute atomic E-state index is 0. The molecule has 0 radical (unpaired) electrons. The summed E-state index contributed by atoms with van der Waals surface area (Å²) in [6.07, 6.45) is 1.60. The number of carbonyl (C=O) groups excluding carboxylic acids is 2. The number of amides is 2. The monoisotopic (exact) mass is 457 g/mol. The van der Waals surface area contributed by atoms with Crippen molar-refractivity contribution in [3.05, 3.63) is 52.3 Å². The number of benzene rings is 1. The molecule has 0 bridgehead atoms. The molecular formula is C22H27N5O4S. The first-order valence-electron chi connectivity index (χ1n) is 10.6. The van der Waals surface area contributed by atoms with Crippen LogP contribution in [-0.2, 0) is 29.9 Å². The summed E-state index contributed by atoms with van der Waals surface area (Å²) in [6.45, 7) is 2.45. The molecule has 2 aliphatic rings. The average Bonchev–Trinajstić information content (AvgIpc) is 3.51. The zero-order chi connectivity index (χ0) is 23.1. The van der Waals surface area contributed by atoms with Crippen LogP contribution in [0.15, 0.2) is 24.3 Å². The van der Waals surface area contributed by atoms with Crippen LogP contribution in [0, 0.1) is 11.3 Å². The number of nitriles is 1. The summed E-state index contributed by atoms with van der Waals surface area (Å²) in [5, 5.41) is 16.0. The van der Waals surface area contributed by atoms with E-state index in [1.54, 1.807) is 43.1 Å². The fourth-order valence-electron chi connectivity index (χ4n) is 4.23. The van der Waals surface area contributed by atoms with Crippen LogP contribution in [0.5, 0.6) is 0 Å². The molecule has 1 aliphatic carbocycles. The maximum Gasteiger partial charge on any atom is 0.272 e. The SMILES string of the molecule is CCS(=O)(=O)C1(CN2CCc3c(C(=O)NCc4ccc(C#N)cc4)nn(C)c3C2=O)CC1.[HH]. The second-order valence-electron chi connectivity index (χ2n) is 8.35. The van der Waals surface area contributed by atoms with E-state index in [1.807, 2.05) is 6.07 Å². The van der Waals surface area contributed by atoms with Gasteiger partial charge in [-0.25, -0.2) is 8.42 Å². The van der Waals surface area contributed by atoms with Crippen LogP contribution in [0.1, 0.15) is 58.9 Å². The number of carbonyl (C=O) groups is 2. The number of hydrogen-bond donors (Lipinski definition) is 1. The van der Waals surface area contributed by atoms with E-state index >= 15 is 0 Å². The van der Waals surface area contributed by atoms with Crippen molar-refractivity contribution in [1.29, 1.82) is 5.26 Å². The summed E-state index contributed by atoms with van der Waals surface area (Å²) in [6, 6.07) is 8.96. The van der Waals surface area contributed by atoms with E-state index in [0.717, 1.165) is 5.56 Å². The lowest BCUT2D eigenvalue weighted by atomic mass is 10.0. The van der Waals surface area contributed by atoms with Gasteiger partial charge in [0.25, 0.3) is 11.8 Å². The normalized spacial score (nSPS) is 16.9. The van der Waals surface area contributed by atoms with Crippen molar-refractivity contribution in [3.63, 3.8) is 0 Å². The molecule has 1 aliphatic heterocycles. The largest absolute Gasteiger partial charge is 0.347 e. The summed E-state index contributed by atoms with van der Waals surface area (Å²) in [5.41, 5.74) is 2.53. The van der Waals surface area contributed by atoms with Crippen molar-refractivity contribution in [1.82, 2.24) is 20.0 Å². The third-order valence-corrected chi connectivity index (χ3v) is 8.96. The van der Waals surface area contributed by atoms with E-state index in [0.29, 0.717) is 42.6 Å². The molecular weight excluding hydrogens is 430 g/mol. The van der Waals surface area contributed by atoms with E-state index in [1.165, 1.54) is 4.68 Å². The van der Waals surface area contributed by atoms with Crippen LogP contribution >= 0.6 is 0 Å². The van der Waals surface area contributed by atoms with Crippen LogP contribution in [0.3, 0.4) is 0 Å². The first kappa shape index (κ1) is 22.0. The molecule has 1 N–H and O–H groups in total. The lowest BCUT2D eigenvalue weighted by Crippen LogP contribution is -2.46. The molecule has 0 unspecified atom stereocenters. The van der Waals surface area contributed by atoms with Gasteiger partial charge in [-0.2, -0.15) is 10.4 Å². The van der Waals surface area contributed by atoms with E-state index in [9.17, 15) is 18.0 Å². The minimum atomic E-state index is -3.24.